The zero-order valence-corrected chi connectivity index (χ0v) is 19.8. The van der Waals surface area contributed by atoms with Crippen LogP contribution in [0.5, 0.6) is 5.75 Å². The average Bonchev–Trinajstić information content (AvgIpc) is 3.13. The van der Waals surface area contributed by atoms with E-state index < -0.39 is 11.6 Å². The first-order valence-electron chi connectivity index (χ1n) is 11.1. The van der Waals surface area contributed by atoms with Crippen molar-refractivity contribution in [1.29, 1.82) is 0 Å². The number of carbonyl (C=O) groups excluding carboxylic acids is 1. The number of aromatic nitrogens is 2. The highest BCUT2D eigenvalue weighted by molar-refractivity contribution is 5.97. The molecular formula is C27H27F2N3O2. The number of pyridine rings is 1. The van der Waals surface area contributed by atoms with E-state index in [9.17, 15) is 13.6 Å². The third-order valence-corrected chi connectivity index (χ3v) is 5.97. The predicted octanol–water partition coefficient (Wildman–Crippen LogP) is 6.21. The summed E-state index contributed by atoms with van der Waals surface area (Å²) in [5.74, 6) is -0.971. The maximum atomic E-state index is 14.6. The number of para-hydroxylation sites is 1. The Morgan fingerprint density at radius 3 is 2.29 bits per heavy atom. The topological polar surface area (TPSA) is 55.6 Å². The molecular weight excluding hydrogens is 436 g/mol. The fourth-order valence-electron chi connectivity index (χ4n) is 4.41. The van der Waals surface area contributed by atoms with Crippen molar-refractivity contribution in [3.63, 3.8) is 0 Å². The Balaban J connectivity index is 1.81. The SMILES string of the molecule is COc1ccccc1[C@H](C)NC(=O)c1ccc2c(-c3c(F)cccc3F)c(C)nn2c1C(C)C. The van der Waals surface area contributed by atoms with Crippen LogP contribution in [0.15, 0.2) is 54.6 Å². The molecule has 2 aromatic carbocycles. The minimum Gasteiger partial charge on any atom is -0.496 e. The molecule has 0 radical (unpaired) electrons. The predicted molar refractivity (Wildman–Crippen MR) is 128 cm³/mol. The van der Waals surface area contributed by atoms with Crippen LogP contribution in [0.2, 0.25) is 0 Å². The molecule has 1 N–H and O–H groups in total. The first-order chi connectivity index (χ1) is 16.2. The fourth-order valence-corrected chi connectivity index (χ4v) is 4.41. The zero-order chi connectivity index (χ0) is 24.6. The summed E-state index contributed by atoms with van der Waals surface area (Å²) in [6.07, 6.45) is 0. The standard InChI is InChI=1S/C27H27F2N3O2/c1-15(2)26-19(27(33)30-16(3)18-9-6-7-12-23(18)34-5)13-14-22-24(17(4)31-32(22)26)25-20(28)10-8-11-21(25)29/h6-16H,1-5H3,(H,30,33)/t16-/m0/s1. The first kappa shape index (κ1) is 23.4. The summed E-state index contributed by atoms with van der Waals surface area (Å²) in [4.78, 5) is 13.4. The monoisotopic (exact) mass is 463 g/mol. The van der Waals surface area contributed by atoms with Crippen molar-refractivity contribution in [2.75, 3.05) is 7.11 Å². The van der Waals surface area contributed by atoms with Crippen LogP contribution < -0.4 is 10.1 Å². The van der Waals surface area contributed by atoms with E-state index in [1.807, 2.05) is 45.0 Å². The lowest BCUT2D eigenvalue weighted by molar-refractivity contribution is 0.0937. The van der Waals surface area contributed by atoms with Gasteiger partial charge in [0, 0.05) is 11.1 Å². The number of hydrogen-bond donors (Lipinski definition) is 1. The second-order valence-corrected chi connectivity index (χ2v) is 8.58. The number of aryl methyl sites for hydroxylation is 1. The fraction of sp³-hybridized carbons (Fsp3) is 0.259. The number of methoxy groups -OCH3 is 1. The zero-order valence-electron chi connectivity index (χ0n) is 19.8. The van der Waals surface area contributed by atoms with E-state index in [0.717, 1.165) is 5.56 Å². The van der Waals surface area contributed by atoms with Crippen molar-refractivity contribution < 1.29 is 18.3 Å². The van der Waals surface area contributed by atoms with Crippen molar-refractivity contribution in [3.05, 3.63) is 88.7 Å². The lowest BCUT2D eigenvalue weighted by atomic mass is 9.99. The number of halogens is 2. The van der Waals surface area contributed by atoms with Gasteiger partial charge in [-0.25, -0.2) is 13.3 Å². The van der Waals surface area contributed by atoms with Crippen LogP contribution in [-0.4, -0.2) is 22.6 Å². The molecule has 1 atom stereocenters. The molecule has 0 spiro atoms. The highest BCUT2D eigenvalue weighted by Gasteiger charge is 2.25. The van der Waals surface area contributed by atoms with E-state index in [0.29, 0.717) is 33.8 Å². The molecule has 1 amide bonds. The molecule has 0 saturated heterocycles. The highest BCUT2D eigenvalue weighted by Crippen LogP contribution is 2.35. The van der Waals surface area contributed by atoms with Crippen molar-refractivity contribution in [1.82, 2.24) is 14.9 Å². The summed E-state index contributed by atoms with van der Waals surface area (Å²) in [7, 11) is 1.59. The molecule has 34 heavy (non-hydrogen) atoms. The quantitative estimate of drug-likeness (QED) is 0.370. The van der Waals surface area contributed by atoms with Crippen LogP contribution in [0.1, 0.15) is 60.0 Å². The first-order valence-corrected chi connectivity index (χ1v) is 11.1. The van der Waals surface area contributed by atoms with Crippen LogP contribution in [0.3, 0.4) is 0 Å². The second kappa shape index (κ2) is 9.25. The molecule has 0 unspecified atom stereocenters. The van der Waals surface area contributed by atoms with Gasteiger partial charge in [-0.1, -0.05) is 38.1 Å². The molecule has 0 aliphatic heterocycles. The lowest BCUT2D eigenvalue weighted by Crippen LogP contribution is -2.28. The summed E-state index contributed by atoms with van der Waals surface area (Å²) in [6.45, 7) is 7.51. The molecule has 5 nitrogen and oxygen atoms in total. The minimum absolute atomic E-state index is 0.0800. The smallest absolute Gasteiger partial charge is 0.253 e. The molecule has 0 saturated carbocycles. The maximum Gasteiger partial charge on any atom is 0.253 e. The van der Waals surface area contributed by atoms with E-state index in [2.05, 4.69) is 10.4 Å². The molecule has 2 aromatic heterocycles. The highest BCUT2D eigenvalue weighted by atomic mass is 19.1. The number of carbonyl (C=O) groups is 1. The van der Waals surface area contributed by atoms with Gasteiger partial charge in [-0.05, 0) is 50.1 Å². The van der Waals surface area contributed by atoms with Gasteiger partial charge in [0.1, 0.15) is 17.4 Å². The van der Waals surface area contributed by atoms with E-state index >= 15 is 0 Å². The van der Waals surface area contributed by atoms with Gasteiger partial charge in [0.25, 0.3) is 5.91 Å². The number of nitrogens with one attached hydrogen (secondary N) is 1. The average molecular weight is 464 g/mol. The number of rotatable bonds is 6. The molecule has 7 heteroatoms. The number of nitrogens with zero attached hydrogens (tertiary/aromatic N) is 2. The Labute approximate surface area is 197 Å². The summed E-state index contributed by atoms with van der Waals surface area (Å²) < 4.78 is 36.3. The molecule has 0 aliphatic rings. The summed E-state index contributed by atoms with van der Waals surface area (Å²) in [5.41, 5.74) is 3.25. The minimum atomic E-state index is -0.656. The van der Waals surface area contributed by atoms with Crippen LogP contribution in [0.4, 0.5) is 8.78 Å². The van der Waals surface area contributed by atoms with Gasteiger partial charge in [-0.3, -0.25) is 4.79 Å². The van der Waals surface area contributed by atoms with E-state index in [-0.39, 0.29) is 23.4 Å². The Kier molecular flexibility index (Phi) is 6.37. The van der Waals surface area contributed by atoms with Crippen molar-refractivity contribution in [2.24, 2.45) is 0 Å². The number of hydrogen-bond acceptors (Lipinski definition) is 3. The summed E-state index contributed by atoms with van der Waals surface area (Å²) in [6, 6.07) is 14.4. The molecule has 0 bridgehead atoms. The van der Waals surface area contributed by atoms with Gasteiger partial charge in [-0.2, -0.15) is 5.10 Å². The van der Waals surface area contributed by atoms with Gasteiger partial charge in [0.15, 0.2) is 0 Å². The Hall–Kier alpha value is -3.74. The summed E-state index contributed by atoms with van der Waals surface area (Å²) in [5, 5.41) is 7.62. The molecule has 2 heterocycles. The van der Waals surface area contributed by atoms with Crippen LogP contribution in [0.25, 0.3) is 16.6 Å². The van der Waals surface area contributed by atoms with Crippen LogP contribution >= 0.6 is 0 Å². The number of benzene rings is 2. The second-order valence-electron chi connectivity index (χ2n) is 8.58. The Bertz CT molecular complexity index is 1360. The number of ether oxygens (including phenoxy) is 1. The Morgan fingerprint density at radius 2 is 1.65 bits per heavy atom. The van der Waals surface area contributed by atoms with Gasteiger partial charge in [-0.15, -0.1) is 0 Å². The summed E-state index contributed by atoms with van der Waals surface area (Å²) >= 11 is 0. The molecule has 0 fully saturated rings. The third-order valence-electron chi connectivity index (χ3n) is 5.97. The third kappa shape index (κ3) is 4.02. The van der Waals surface area contributed by atoms with Gasteiger partial charge in [0.05, 0.1) is 41.2 Å². The van der Waals surface area contributed by atoms with E-state index in [1.54, 1.807) is 30.7 Å². The number of fused-ring (bicyclic) bond motifs is 1. The van der Waals surface area contributed by atoms with Crippen LogP contribution in [0, 0.1) is 18.6 Å². The largest absolute Gasteiger partial charge is 0.496 e. The molecule has 4 rings (SSSR count). The van der Waals surface area contributed by atoms with Crippen LogP contribution in [-0.2, 0) is 0 Å². The van der Waals surface area contributed by atoms with Gasteiger partial charge in [0.2, 0.25) is 0 Å². The van der Waals surface area contributed by atoms with Gasteiger partial charge < -0.3 is 10.1 Å². The van der Waals surface area contributed by atoms with Crippen molar-refractivity contribution in [2.45, 2.75) is 39.7 Å². The molecule has 4 aromatic rings. The number of amides is 1. The lowest BCUT2D eigenvalue weighted by Gasteiger charge is -2.20. The van der Waals surface area contributed by atoms with Gasteiger partial charge >= 0.3 is 0 Å². The normalized spacial score (nSPS) is 12.2. The molecule has 0 aliphatic carbocycles. The van der Waals surface area contributed by atoms with E-state index in [4.69, 9.17) is 4.74 Å². The Morgan fingerprint density at radius 1 is 0.971 bits per heavy atom. The van der Waals surface area contributed by atoms with E-state index in [1.165, 1.54) is 18.2 Å². The maximum absolute atomic E-state index is 14.6. The van der Waals surface area contributed by atoms with Crippen molar-refractivity contribution >= 4 is 11.4 Å². The van der Waals surface area contributed by atoms with Crippen molar-refractivity contribution in [3.8, 4) is 16.9 Å². The molecule has 176 valence electrons.